The van der Waals surface area contributed by atoms with E-state index in [0.717, 1.165) is 9.09 Å². The number of halogens is 1. The van der Waals surface area contributed by atoms with Gasteiger partial charge in [0.25, 0.3) is 0 Å². The number of carbonyl (C=O) groups excluding carboxylic acids is 1. The SMILES string of the molecule is COC(=O)c1cnc2n[nH]c(I)c2c1. The van der Waals surface area contributed by atoms with Gasteiger partial charge in [-0.25, -0.2) is 9.78 Å². The molecule has 0 saturated carbocycles. The normalized spacial score (nSPS) is 10.4. The molecule has 14 heavy (non-hydrogen) atoms. The third kappa shape index (κ3) is 1.45. The van der Waals surface area contributed by atoms with Crippen molar-refractivity contribution in [3.05, 3.63) is 21.5 Å². The van der Waals surface area contributed by atoms with Crippen molar-refractivity contribution in [3.8, 4) is 0 Å². The van der Waals surface area contributed by atoms with Crippen LogP contribution in [0.25, 0.3) is 11.0 Å². The molecule has 5 nitrogen and oxygen atoms in total. The van der Waals surface area contributed by atoms with Crippen molar-refractivity contribution >= 4 is 39.6 Å². The minimum atomic E-state index is -0.392. The number of hydrogen-bond donors (Lipinski definition) is 1. The maximum Gasteiger partial charge on any atom is 0.339 e. The number of H-pyrrole nitrogens is 1. The second kappa shape index (κ2) is 3.52. The van der Waals surface area contributed by atoms with Crippen molar-refractivity contribution < 1.29 is 9.53 Å². The van der Waals surface area contributed by atoms with Gasteiger partial charge in [0.05, 0.1) is 18.1 Å². The average Bonchev–Trinajstić information content (AvgIpc) is 2.59. The maximum absolute atomic E-state index is 11.2. The molecule has 0 radical (unpaired) electrons. The van der Waals surface area contributed by atoms with Gasteiger partial charge in [-0.1, -0.05) is 0 Å². The van der Waals surface area contributed by atoms with Crippen molar-refractivity contribution in [3.63, 3.8) is 0 Å². The molecule has 2 aromatic heterocycles. The van der Waals surface area contributed by atoms with Crippen LogP contribution < -0.4 is 0 Å². The number of hydrogen-bond acceptors (Lipinski definition) is 4. The molecule has 0 atom stereocenters. The van der Waals surface area contributed by atoms with E-state index in [1.54, 1.807) is 6.07 Å². The lowest BCUT2D eigenvalue weighted by Gasteiger charge is -1.97. The standard InChI is InChI=1S/C8H6IN3O2/c1-14-8(13)4-2-5-6(9)11-12-7(5)10-3-4/h2-3H,1H3,(H,10,11,12). The molecule has 0 spiro atoms. The first-order valence-electron chi connectivity index (χ1n) is 3.80. The Morgan fingerprint density at radius 2 is 2.43 bits per heavy atom. The number of ether oxygens (including phenoxy) is 1. The molecule has 1 N–H and O–H groups in total. The van der Waals surface area contributed by atoms with Crippen molar-refractivity contribution in [1.82, 2.24) is 15.2 Å². The molecule has 2 aromatic rings. The lowest BCUT2D eigenvalue weighted by Crippen LogP contribution is -2.01. The minimum absolute atomic E-state index is 0.392. The molecule has 72 valence electrons. The van der Waals surface area contributed by atoms with Gasteiger partial charge >= 0.3 is 5.97 Å². The van der Waals surface area contributed by atoms with Crippen LogP contribution >= 0.6 is 22.6 Å². The number of fused-ring (bicyclic) bond motifs is 1. The van der Waals surface area contributed by atoms with Gasteiger partial charge in [0.1, 0.15) is 3.70 Å². The van der Waals surface area contributed by atoms with Crippen LogP contribution in [0.1, 0.15) is 10.4 Å². The van der Waals surface area contributed by atoms with E-state index in [4.69, 9.17) is 0 Å². The Morgan fingerprint density at radius 3 is 3.14 bits per heavy atom. The molecule has 2 rings (SSSR count). The zero-order chi connectivity index (χ0) is 10.1. The fourth-order valence-corrected chi connectivity index (χ4v) is 1.62. The van der Waals surface area contributed by atoms with E-state index in [1.807, 2.05) is 0 Å². The van der Waals surface area contributed by atoms with E-state index in [1.165, 1.54) is 13.3 Å². The smallest absolute Gasteiger partial charge is 0.339 e. The summed E-state index contributed by atoms with van der Waals surface area (Å²) in [6.07, 6.45) is 1.45. The van der Waals surface area contributed by atoms with Crippen molar-refractivity contribution in [2.75, 3.05) is 7.11 Å². The topological polar surface area (TPSA) is 67.9 Å². The van der Waals surface area contributed by atoms with E-state index < -0.39 is 5.97 Å². The highest BCUT2D eigenvalue weighted by Gasteiger charge is 2.10. The highest BCUT2D eigenvalue weighted by atomic mass is 127. The van der Waals surface area contributed by atoms with Crippen LogP contribution in [-0.4, -0.2) is 28.3 Å². The number of aromatic nitrogens is 3. The lowest BCUT2D eigenvalue weighted by molar-refractivity contribution is 0.0600. The molecular weight excluding hydrogens is 297 g/mol. The highest BCUT2D eigenvalue weighted by Crippen LogP contribution is 2.17. The van der Waals surface area contributed by atoms with Gasteiger partial charge in [-0.05, 0) is 28.7 Å². The fraction of sp³-hybridized carbons (Fsp3) is 0.125. The van der Waals surface area contributed by atoms with Gasteiger partial charge < -0.3 is 4.74 Å². The number of nitrogens with one attached hydrogen (secondary N) is 1. The van der Waals surface area contributed by atoms with E-state index >= 15 is 0 Å². The molecule has 0 unspecified atom stereocenters. The predicted octanol–water partition coefficient (Wildman–Crippen LogP) is 1.35. The fourth-order valence-electron chi connectivity index (χ4n) is 1.10. The number of esters is 1. The van der Waals surface area contributed by atoms with Crippen molar-refractivity contribution in [1.29, 1.82) is 0 Å². The van der Waals surface area contributed by atoms with E-state index in [-0.39, 0.29) is 0 Å². The molecule has 0 aliphatic rings. The molecule has 0 aromatic carbocycles. The van der Waals surface area contributed by atoms with Gasteiger partial charge in [0.2, 0.25) is 0 Å². The number of pyridine rings is 1. The molecule has 2 heterocycles. The Hall–Kier alpha value is -1.18. The lowest BCUT2D eigenvalue weighted by atomic mass is 10.2. The maximum atomic E-state index is 11.2. The van der Waals surface area contributed by atoms with Gasteiger partial charge in [0, 0.05) is 6.20 Å². The monoisotopic (exact) mass is 303 g/mol. The van der Waals surface area contributed by atoms with Gasteiger partial charge in [0.15, 0.2) is 5.65 Å². The summed E-state index contributed by atoms with van der Waals surface area (Å²) in [5.41, 5.74) is 1.03. The summed E-state index contributed by atoms with van der Waals surface area (Å²) in [4.78, 5) is 15.2. The van der Waals surface area contributed by atoms with E-state index in [2.05, 4.69) is 42.5 Å². The average molecular weight is 303 g/mol. The highest BCUT2D eigenvalue weighted by molar-refractivity contribution is 14.1. The summed E-state index contributed by atoms with van der Waals surface area (Å²) < 4.78 is 5.45. The Bertz CT molecular complexity index is 494. The van der Waals surface area contributed by atoms with Crippen LogP contribution in [-0.2, 0) is 4.74 Å². The Labute approximate surface area is 93.0 Å². The van der Waals surface area contributed by atoms with Gasteiger partial charge in [-0.2, -0.15) is 5.10 Å². The van der Waals surface area contributed by atoms with Crippen LogP contribution in [0.4, 0.5) is 0 Å². The Morgan fingerprint density at radius 1 is 1.64 bits per heavy atom. The zero-order valence-electron chi connectivity index (χ0n) is 7.24. The first kappa shape index (κ1) is 9.38. The third-order valence-corrected chi connectivity index (χ3v) is 2.61. The van der Waals surface area contributed by atoms with E-state index in [9.17, 15) is 4.79 Å². The third-order valence-electron chi connectivity index (χ3n) is 1.78. The number of nitrogens with zero attached hydrogens (tertiary/aromatic N) is 2. The summed E-state index contributed by atoms with van der Waals surface area (Å²) in [6.45, 7) is 0. The first-order valence-corrected chi connectivity index (χ1v) is 4.88. The minimum Gasteiger partial charge on any atom is -0.465 e. The van der Waals surface area contributed by atoms with Crippen LogP contribution in [0.15, 0.2) is 12.3 Å². The largest absolute Gasteiger partial charge is 0.465 e. The Balaban J connectivity index is 2.60. The first-order chi connectivity index (χ1) is 6.72. The molecule has 0 bridgehead atoms. The Kier molecular flexibility index (Phi) is 2.36. The summed E-state index contributed by atoms with van der Waals surface area (Å²) in [7, 11) is 1.34. The summed E-state index contributed by atoms with van der Waals surface area (Å²) in [5, 5.41) is 7.56. The summed E-state index contributed by atoms with van der Waals surface area (Å²) in [5.74, 6) is -0.392. The summed E-state index contributed by atoms with van der Waals surface area (Å²) in [6, 6.07) is 1.71. The second-order valence-electron chi connectivity index (χ2n) is 2.62. The van der Waals surface area contributed by atoms with Crippen molar-refractivity contribution in [2.45, 2.75) is 0 Å². The van der Waals surface area contributed by atoms with Crippen LogP contribution in [0.3, 0.4) is 0 Å². The van der Waals surface area contributed by atoms with Crippen LogP contribution in [0, 0.1) is 3.70 Å². The molecular formula is C8H6IN3O2. The van der Waals surface area contributed by atoms with E-state index in [0.29, 0.717) is 11.2 Å². The number of methoxy groups -OCH3 is 1. The predicted molar refractivity (Wildman–Crippen MR) is 57.9 cm³/mol. The molecule has 0 aliphatic carbocycles. The van der Waals surface area contributed by atoms with Gasteiger partial charge in [-0.3, -0.25) is 5.10 Å². The number of carbonyl (C=O) groups is 1. The quantitative estimate of drug-likeness (QED) is 0.638. The molecule has 6 heteroatoms. The molecule has 0 amide bonds. The summed E-state index contributed by atoms with van der Waals surface area (Å²) >= 11 is 2.10. The zero-order valence-corrected chi connectivity index (χ0v) is 9.40. The van der Waals surface area contributed by atoms with Crippen LogP contribution in [0.5, 0.6) is 0 Å². The van der Waals surface area contributed by atoms with Crippen LogP contribution in [0.2, 0.25) is 0 Å². The van der Waals surface area contributed by atoms with Gasteiger partial charge in [-0.15, -0.1) is 0 Å². The molecule has 0 saturated heterocycles. The number of rotatable bonds is 1. The molecule has 0 fully saturated rings. The van der Waals surface area contributed by atoms with Crippen molar-refractivity contribution in [2.24, 2.45) is 0 Å². The number of aromatic amines is 1. The molecule has 0 aliphatic heterocycles. The second-order valence-corrected chi connectivity index (χ2v) is 3.70.